The first-order valence-corrected chi connectivity index (χ1v) is 7.02. The van der Waals surface area contributed by atoms with E-state index in [4.69, 9.17) is 11.6 Å². The lowest BCUT2D eigenvalue weighted by Gasteiger charge is -2.15. The molecule has 0 bridgehead atoms. The van der Waals surface area contributed by atoms with E-state index in [1.165, 1.54) is 11.6 Å². The summed E-state index contributed by atoms with van der Waals surface area (Å²) in [4.78, 5) is 23.7. The maximum atomic E-state index is 12.0. The number of rotatable bonds is 4. The van der Waals surface area contributed by atoms with Gasteiger partial charge in [-0.05, 0) is 24.6 Å². The minimum Gasteiger partial charge on any atom is -0.306 e. The topological polar surface area (TPSA) is 56.0 Å². The van der Waals surface area contributed by atoms with Crippen LogP contribution in [0.25, 0.3) is 0 Å². The third-order valence-electron chi connectivity index (χ3n) is 3.49. The summed E-state index contributed by atoms with van der Waals surface area (Å²) in [6, 6.07) is 7.63. The molecule has 1 atom stereocenters. The minimum absolute atomic E-state index is 0.0733. The smallest absolute Gasteiger partial charge is 0.306 e. The van der Waals surface area contributed by atoms with E-state index in [9.17, 15) is 9.59 Å². The van der Waals surface area contributed by atoms with Crippen LogP contribution < -0.4 is 16.6 Å². The number of aromatic nitrogens is 2. The molecule has 2 aromatic rings. The van der Waals surface area contributed by atoms with E-state index in [1.807, 2.05) is 31.2 Å². The van der Waals surface area contributed by atoms with Crippen LogP contribution in [-0.4, -0.2) is 9.13 Å². The Morgan fingerprint density at radius 1 is 1.19 bits per heavy atom. The van der Waals surface area contributed by atoms with Crippen LogP contribution in [0.2, 0.25) is 5.02 Å². The molecule has 0 radical (unpaired) electrons. The quantitative estimate of drug-likeness (QED) is 0.933. The number of hydrogen-bond acceptors (Lipinski definition) is 3. The van der Waals surface area contributed by atoms with Gasteiger partial charge in [-0.15, -0.1) is 0 Å². The molecule has 1 heterocycles. The maximum absolute atomic E-state index is 12.0. The van der Waals surface area contributed by atoms with Crippen LogP contribution in [0.15, 0.2) is 40.1 Å². The number of aryl methyl sites for hydroxylation is 1. The molecule has 21 heavy (non-hydrogen) atoms. The highest BCUT2D eigenvalue weighted by Gasteiger charge is 2.09. The average molecular weight is 308 g/mol. The molecule has 1 N–H and O–H groups in total. The van der Waals surface area contributed by atoms with E-state index in [0.717, 1.165) is 10.1 Å². The van der Waals surface area contributed by atoms with Gasteiger partial charge >= 0.3 is 5.69 Å². The first-order valence-electron chi connectivity index (χ1n) is 6.64. The molecule has 0 aliphatic rings. The second-order valence-electron chi connectivity index (χ2n) is 5.07. The largest absolute Gasteiger partial charge is 0.330 e. The molecule has 0 saturated heterocycles. The van der Waals surface area contributed by atoms with Crippen molar-refractivity contribution in [2.75, 3.05) is 0 Å². The predicted molar refractivity (Wildman–Crippen MR) is 83.6 cm³/mol. The molecule has 6 heteroatoms. The molecule has 1 aromatic heterocycles. The lowest BCUT2D eigenvalue weighted by Crippen LogP contribution is -2.39. The normalized spacial score (nSPS) is 12.4. The highest BCUT2D eigenvalue weighted by Crippen LogP contribution is 2.16. The van der Waals surface area contributed by atoms with E-state index in [0.29, 0.717) is 17.1 Å². The molecule has 0 fully saturated rings. The van der Waals surface area contributed by atoms with Gasteiger partial charge in [-0.2, -0.15) is 0 Å². The highest BCUT2D eigenvalue weighted by atomic mass is 35.5. The molecular weight excluding hydrogens is 290 g/mol. The fraction of sp³-hybridized carbons (Fsp3) is 0.333. The van der Waals surface area contributed by atoms with Gasteiger partial charge < -0.3 is 9.88 Å². The highest BCUT2D eigenvalue weighted by molar-refractivity contribution is 6.30. The molecule has 112 valence electrons. The molecule has 0 saturated carbocycles. The second kappa shape index (κ2) is 6.28. The van der Waals surface area contributed by atoms with Gasteiger partial charge in [0.2, 0.25) is 0 Å². The van der Waals surface area contributed by atoms with Crippen LogP contribution in [-0.2, 0) is 20.6 Å². The Balaban J connectivity index is 2.15. The van der Waals surface area contributed by atoms with Crippen LogP contribution in [0.4, 0.5) is 0 Å². The van der Waals surface area contributed by atoms with Crippen LogP contribution in [0.1, 0.15) is 24.1 Å². The second-order valence-corrected chi connectivity index (χ2v) is 5.50. The van der Waals surface area contributed by atoms with Crippen LogP contribution in [0, 0.1) is 0 Å². The van der Waals surface area contributed by atoms with Crippen molar-refractivity contribution in [3.63, 3.8) is 0 Å². The number of benzene rings is 1. The van der Waals surface area contributed by atoms with Crippen LogP contribution >= 0.6 is 11.6 Å². The summed E-state index contributed by atoms with van der Waals surface area (Å²) in [7, 11) is 3.12. The first kappa shape index (κ1) is 15.5. The summed E-state index contributed by atoms with van der Waals surface area (Å²) < 4.78 is 2.52. The van der Waals surface area contributed by atoms with Crippen molar-refractivity contribution in [1.82, 2.24) is 14.5 Å². The summed E-state index contributed by atoms with van der Waals surface area (Å²) >= 11 is 5.86. The fourth-order valence-corrected chi connectivity index (χ4v) is 2.26. The Hall–Kier alpha value is -1.85. The van der Waals surface area contributed by atoms with Crippen molar-refractivity contribution in [2.45, 2.75) is 19.5 Å². The maximum Gasteiger partial charge on any atom is 0.330 e. The summed E-state index contributed by atoms with van der Waals surface area (Å²) in [6.45, 7) is 2.40. The van der Waals surface area contributed by atoms with Gasteiger partial charge in [-0.3, -0.25) is 9.36 Å². The monoisotopic (exact) mass is 307 g/mol. The van der Waals surface area contributed by atoms with Gasteiger partial charge in [-0.25, -0.2) is 4.79 Å². The third-order valence-corrected chi connectivity index (χ3v) is 3.74. The zero-order valence-corrected chi connectivity index (χ0v) is 13.0. The Morgan fingerprint density at radius 2 is 1.81 bits per heavy atom. The molecule has 0 amide bonds. The minimum atomic E-state index is -0.325. The Bertz CT molecular complexity index is 747. The van der Waals surface area contributed by atoms with Gasteiger partial charge in [0.25, 0.3) is 5.56 Å². The summed E-state index contributed by atoms with van der Waals surface area (Å²) in [5, 5.41) is 3.97. The van der Waals surface area contributed by atoms with Gasteiger partial charge in [0.05, 0.1) is 0 Å². The summed E-state index contributed by atoms with van der Waals surface area (Å²) in [5.41, 5.74) is 1.05. The predicted octanol–water partition coefficient (Wildman–Crippen LogP) is 1.59. The van der Waals surface area contributed by atoms with E-state index in [2.05, 4.69) is 5.32 Å². The van der Waals surface area contributed by atoms with Gasteiger partial charge in [0.15, 0.2) is 0 Å². The number of halogens is 1. The van der Waals surface area contributed by atoms with Crippen molar-refractivity contribution < 1.29 is 0 Å². The fourth-order valence-electron chi connectivity index (χ4n) is 2.14. The summed E-state index contributed by atoms with van der Waals surface area (Å²) in [6.07, 6.45) is 1.58. The molecule has 2 rings (SSSR count). The van der Waals surface area contributed by atoms with Gasteiger partial charge in [0, 0.05) is 43.5 Å². The van der Waals surface area contributed by atoms with Crippen molar-refractivity contribution in [3.8, 4) is 0 Å². The lowest BCUT2D eigenvalue weighted by atomic mass is 10.1. The molecule has 5 nitrogen and oxygen atoms in total. The number of nitrogens with zero attached hydrogens (tertiary/aromatic N) is 2. The SMILES string of the molecule is C[C@H](NCc1cn(C)c(=O)n(C)c1=O)c1ccc(Cl)cc1. The van der Waals surface area contributed by atoms with Crippen molar-refractivity contribution in [2.24, 2.45) is 14.1 Å². The zero-order chi connectivity index (χ0) is 15.6. The Labute approximate surface area is 127 Å². The van der Waals surface area contributed by atoms with Crippen molar-refractivity contribution in [3.05, 3.63) is 67.4 Å². The van der Waals surface area contributed by atoms with Crippen LogP contribution in [0.5, 0.6) is 0 Å². The van der Waals surface area contributed by atoms with Gasteiger partial charge in [0.1, 0.15) is 0 Å². The number of nitrogens with one attached hydrogen (secondary N) is 1. The van der Waals surface area contributed by atoms with Crippen molar-refractivity contribution >= 4 is 11.6 Å². The van der Waals surface area contributed by atoms with E-state index in [1.54, 1.807) is 13.2 Å². The van der Waals surface area contributed by atoms with E-state index in [-0.39, 0.29) is 17.3 Å². The Morgan fingerprint density at radius 3 is 2.43 bits per heavy atom. The molecule has 0 aliphatic carbocycles. The van der Waals surface area contributed by atoms with Crippen LogP contribution in [0.3, 0.4) is 0 Å². The molecule has 0 spiro atoms. The molecular formula is C15H18ClN3O2. The van der Waals surface area contributed by atoms with E-state index >= 15 is 0 Å². The standard InChI is InChI=1S/C15H18ClN3O2/c1-10(11-4-6-13(16)7-5-11)17-8-12-9-18(2)15(21)19(3)14(12)20/h4-7,9-10,17H,8H2,1-3H3/t10-/m0/s1. The lowest BCUT2D eigenvalue weighted by molar-refractivity contribution is 0.559. The molecule has 0 aliphatic heterocycles. The van der Waals surface area contributed by atoms with E-state index < -0.39 is 0 Å². The average Bonchev–Trinajstić information content (AvgIpc) is 2.48. The molecule has 0 unspecified atom stereocenters. The zero-order valence-electron chi connectivity index (χ0n) is 12.3. The third kappa shape index (κ3) is 3.43. The number of hydrogen-bond donors (Lipinski definition) is 1. The Kier molecular flexibility index (Phi) is 4.65. The van der Waals surface area contributed by atoms with Gasteiger partial charge in [-0.1, -0.05) is 23.7 Å². The summed E-state index contributed by atoms with van der Waals surface area (Å²) in [5.74, 6) is 0. The molecule has 1 aromatic carbocycles. The first-order chi connectivity index (χ1) is 9.90. The van der Waals surface area contributed by atoms with Crippen molar-refractivity contribution in [1.29, 1.82) is 0 Å².